The molecule has 4 rings (SSSR count). The SMILES string of the molecule is Cc1c(C2CC2c2cccs2)oc2ccc(C(=O)O)cc2c1=O. The molecule has 1 fully saturated rings. The van der Waals surface area contributed by atoms with Crippen LogP contribution in [-0.4, -0.2) is 11.1 Å². The number of fused-ring (bicyclic) bond motifs is 1. The van der Waals surface area contributed by atoms with Gasteiger partial charge in [0.15, 0.2) is 5.43 Å². The Kier molecular flexibility index (Phi) is 3.13. The summed E-state index contributed by atoms with van der Waals surface area (Å²) in [4.78, 5) is 25.0. The molecule has 0 radical (unpaired) electrons. The van der Waals surface area contributed by atoms with Crippen LogP contribution in [-0.2, 0) is 0 Å². The van der Waals surface area contributed by atoms with Crippen LogP contribution in [0.1, 0.15) is 44.8 Å². The second-order valence-corrected chi connectivity index (χ2v) is 6.88. The van der Waals surface area contributed by atoms with Crippen molar-refractivity contribution < 1.29 is 14.3 Å². The van der Waals surface area contributed by atoms with Crippen molar-refractivity contribution in [2.24, 2.45) is 0 Å². The normalized spacial score (nSPS) is 19.9. The number of hydrogen-bond acceptors (Lipinski definition) is 4. The maximum Gasteiger partial charge on any atom is 0.335 e. The van der Waals surface area contributed by atoms with Crippen LogP contribution in [0.3, 0.4) is 0 Å². The smallest absolute Gasteiger partial charge is 0.335 e. The fourth-order valence-corrected chi connectivity index (χ4v) is 4.00. The molecule has 23 heavy (non-hydrogen) atoms. The summed E-state index contributed by atoms with van der Waals surface area (Å²) >= 11 is 1.73. The highest BCUT2D eigenvalue weighted by atomic mass is 32.1. The summed E-state index contributed by atoms with van der Waals surface area (Å²) in [6.07, 6.45) is 0.989. The first-order chi connectivity index (χ1) is 11.1. The average Bonchev–Trinajstić information content (AvgIpc) is 3.14. The van der Waals surface area contributed by atoms with Crippen LogP contribution in [0.2, 0.25) is 0 Å². The largest absolute Gasteiger partial charge is 0.478 e. The van der Waals surface area contributed by atoms with Gasteiger partial charge in [-0.25, -0.2) is 4.79 Å². The van der Waals surface area contributed by atoms with Gasteiger partial charge >= 0.3 is 5.97 Å². The summed E-state index contributed by atoms with van der Waals surface area (Å²) in [5, 5.41) is 11.5. The van der Waals surface area contributed by atoms with Crippen LogP contribution in [0.5, 0.6) is 0 Å². The molecule has 1 N–H and O–H groups in total. The van der Waals surface area contributed by atoms with E-state index < -0.39 is 5.97 Å². The van der Waals surface area contributed by atoms with E-state index in [1.165, 1.54) is 17.0 Å². The Labute approximate surface area is 136 Å². The summed E-state index contributed by atoms with van der Waals surface area (Å²) in [6, 6.07) is 8.58. The van der Waals surface area contributed by atoms with Crippen LogP contribution in [0.15, 0.2) is 44.9 Å². The Morgan fingerprint density at radius 1 is 1.30 bits per heavy atom. The van der Waals surface area contributed by atoms with Gasteiger partial charge in [-0.05, 0) is 43.0 Å². The summed E-state index contributed by atoms with van der Waals surface area (Å²) in [7, 11) is 0. The Bertz CT molecular complexity index is 969. The van der Waals surface area contributed by atoms with Gasteiger partial charge in [0, 0.05) is 22.3 Å². The molecule has 0 saturated heterocycles. The molecule has 1 aromatic carbocycles. The third-order valence-electron chi connectivity index (χ3n) is 4.44. The Hall–Kier alpha value is -2.40. The highest BCUT2D eigenvalue weighted by molar-refractivity contribution is 7.10. The molecule has 3 aromatic rings. The Morgan fingerprint density at radius 3 is 2.83 bits per heavy atom. The Balaban J connectivity index is 1.81. The van der Waals surface area contributed by atoms with E-state index in [0.717, 1.165) is 12.2 Å². The average molecular weight is 326 g/mol. The molecule has 1 aliphatic carbocycles. The number of carboxylic acid groups (broad SMARTS) is 1. The zero-order chi connectivity index (χ0) is 16.1. The van der Waals surface area contributed by atoms with Crippen molar-refractivity contribution in [2.75, 3.05) is 0 Å². The fourth-order valence-electron chi connectivity index (χ4n) is 3.09. The summed E-state index contributed by atoms with van der Waals surface area (Å²) in [5.74, 6) is 0.356. The first-order valence-electron chi connectivity index (χ1n) is 7.40. The second-order valence-electron chi connectivity index (χ2n) is 5.90. The quantitative estimate of drug-likeness (QED) is 0.786. The zero-order valence-corrected chi connectivity index (χ0v) is 13.2. The highest BCUT2D eigenvalue weighted by Crippen LogP contribution is 2.56. The number of carboxylic acids is 1. The molecule has 2 heterocycles. The van der Waals surface area contributed by atoms with Crippen molar-refractivity contribution in [2.45, 2.75) is 25.2 Å². The molecule has 4 nitrogen and oxygen atoms in total. The fraction of sp³-hybridized carbons (Fsp3) is 0.222. The molecule has 5 heteroatoms. The molecule has 1 aliphatic rings. The van der Waals surface area contributed by atoms with Gasteiger partial charge < -0.3 is 9.52 Å². The Morgan fingerprint density at radius 2 is 2.13 bits per heavy atom. The molecule has 116 valence electrons. The van der Waals surface area contributed by atoms with E-state index in [9.17, 15) is 9.59 Å². The first kappa shape index (κ1) is 14.2. The topological polar surface area (TPSA) is 67.5 Å². The van der Waals surface area contributed by atoms with Crippen LogP contribution in [0, 0.1) is 6.92 Å². The number of carbonyl (C=O) groups is 1. The predicted molar refractivity (Wildman–Crippen MR) is 88.6 cm³/mol. The maximum atomic E-state index is 12.6. The van der Waals surface area contributed by atoms with Crippen molar-refractivity contribution in [1.29, 1.82) is 0 Å². The first-order valence-corrected chi connectivity index (χ1v) is 8.28. The van der Waals surface area contributed by atoms with Gasteiger partial charge in [0.1, 0.15) is 11.3 Å². The lowest BCUT2D eigenvalue weighted by Gasteiger charge is -2.07. The molecule has 2 atom stereocenters. The molecule has 1 saturated carbocycles. The molecule has 2 unspecified atom stereocenters. The molecule has 2 aromatic heterocycles. The maximum absolute atomic E-state index is 12.6. The lowest BCUT2D eigenvalue weighted by molar-refractivity contribution is 0.0697. The minimum Gasteiger partial charge on any atom is -0.478 e. The van der Waals surface area contributed by atoms with Gasteiger partial charge in [0.25, 0.3) is 0 Å². The van der Waals surface area contributed by atoms with Gasteiger partial charge in [-0.3, -0.25) is 4.79 Å². The van der Waals surface area contributed by atoms with Crippen molar-refractivity contribution in [3.8, 4) is 0 Å². The van der Waals surface area contributed by atoms with Crippen molar-refractivity contribution >= 4 is 28.3 Å². The lowest BCUT2D eigenvalue weighted by atomic mass is 10.1. The monoisotopic (exact) mass is 326 g/mol. The van der Waals surface area contributed by atoms with E-state index in [-0.39, 0.29) is 16.9 Å². The van der Waals surface area contributed by atoms with Crippen molar-refractivity contribution in [1.82, 2.24) is 0 Å². The van der Waals surface area contributed by atoms with Crippen molar-refractivity contribution in [3.63, 3.8) is 0 Å². The van der Waals surface area contributed by atoms with Gasteiger partial charge in [0.2, 0.25) is 0 Å². The van der Waals surface area contributed by atoms with E-state index >= 15 is 0 Å². The summed E-state index contributed by atoms with van der Waals surface area (Å²) in [5.41, 5.74) is 1.00. The third-order valence-corrected chi connectivity index (χ3v) is 5.44. The van der Waals surface area contributed by atoms with E-state index in [4.69, 9.17) is 9.52 Å². The standard InChI is InChI=1S/C18H14O4S/c1-9-16(19)13-7-10(18(20)21)4-5-14(13)22-17(9)12-8-11(12)15-3-2-6-23-15/h2-7,11-12H,8H2,1H3,(H,20,21). The molecular formula is C18H14O4S. The van der Waals surface area contributed by atoms with E-state index in [2.05, 4.69) is 11.4 Å². The number of thiophene rings is 1. The summed E-state index contributed by atoms with van der Waals surface area (Å²) in [6.45, 7) is 1.76. The van der Waals surface area contributed by atoms with Crippen LogP contribution < -0.4 is 5.43 Å². The van der Waals surface area contributed by atoms with Gasteiger partial charge in [-0.1, -0.05) is 6.07 Å². The third kappa shape index (κ3) is 2.28. The number of hydrogen-bond donors (Lipinski definition) is 1. The van der Waals surface area contributed by atoms with E-state index in [1.54, 1.807) is 24.3 Å². The van der Waals surface area contributed by atoms with Gasteiger partial charge in [-0.15, -0.1) is 11.3 Å². The molecule has 0 amide bonds. The molecule has 0 spiro atoms. The number of benzene rings is 1. The van der Waals surface area contributed by atoms with Gasteiger partial charge in [-0.2, -0.15) is 0 Å². The van der Waals surface area contributed by atoms with Gasteiger partial charge in [0.05, 0.1) is 10.9 Å². The van der Waals surface area contributed by atoms with Crippen LogP contribution in [0.25, 0.3) is 11.0 Å². The van der Waals surface area contributed by atoms with Crippen molar-refractivity contribution in [3.05, 3.63) is 67.7 Å². The van der Waals surface area contributed by atoms with Crippen LogP contribution >= 0.6 is 11.3 Å². The number of aromatic carboxylic acids is 1. The van der Waals surface area contributed by atoms with E-state index in [1.807, 2.05) is 6.07 Å². The number of rotatable bonds is 3. The van der Waals surface area contributed by atoms with E-state index in [0.29, 0.717) is 22.5 Å². The summed E-state index contributed by atoms with van der Waals surface area (Å²) < 4.78 is 5.97. The van der Waals surface area contributed by atoms with Crippen LogP contribution in [0.4, 0.5) is 0 Å². The lowest BCUT2D eigenvalue weighted by Crippen LogP contribution is -2.10. The predicted octanol–water partition coefficient (Wildman–Crippen LogP) is 4.13. The molecular weight excluding hydrogens is 312 g/mol. The zero-order valence-electron chi connectivity index (χ0n) is 12.4. The molecule has 0 bridgehead atoms. The minimum atomic E-state index is -1.05. The second kappa shape index (κ2) is 5.06. The molecule has 0 aliphatic heterocycles. The minimum absolute atomic E-state index is 0.0971. The highest BCUT2D eigenvalue weighted by Gasteiger charge is 2.43.